The number of aromatic amines is 1. The maximum Gasteiger partial charge on any atom is 0.490 e. The van der Waals surface area contributed by atoms with Crippen LogP contribution < -0.4 is 0 Å². The number of aromatic nitrogens is 4. The van der Waals surface area contributed by atoms with E-state index in [4.69, 9.17) is 9.90 Å². The van der Waals surface area contributed by atoms with E-state index < -0.39 is 22.0 Å². The number of rotatable bonds is 3. The smallest absolute Gasteiger partial charge is 0.475 e. The van der Waals surface area contributed by atoms with Crippen LogP contribution in [0.3, 0.4) is 0 Å². The number of H-pyrrole nitrogens is 1. The van der Waals surface area contributed by atoms with E-state index in [-0.39, 0.29) is 4.90 Å². The molecule has 3 aromatic rings. The number of carboxylic acids is 1. The fourth-order valence-corrected chi connectivity index (χ4v) is 2.78. The molecule has 0 amide bonds. The van der Waals surface area contributed by atoms with Crippen molar-refractivity contribution in [1.82, 2.24) is 19.9 Å². The number of imidazole rings is 1. The Morgan fingerprint density at radius 1 is 1.13 bits per heavy atom. The zero-order valence-corrected chi connectivity index (χ0v) is 16.8. The van der Waals surface area contributed by atoms with Gasteiger partial charge in [0.15, 0.2) is 15.7 Å². The molecule has 2 N–H and O–H groups in total. The summed E-state index contributed by atoms with van der Waals surface area (Å²) < 4.78 is 55.1. The normalized spacial score (nSPS) is 11.5. The third-order valence-corrected chi connectivity index (χ3v) is 4.93. The third-order valence-electron chi connectivity index (χ3n) is 3.85. The first-order chi connectivity index (χ1) is 13.8. The highest BCUT2D eigenvalue weighted by molar-refractivity contribution is 7.90. The van der Waals surface area contributed by atoms with Crippen molar-refractivity contribution in [2.45, 2.75) is 24.9 Å². The molecule has 3 heterocycles. The second-order valence-electron chi connectivity index (χ2n) is 6.21. The van der Waals surface area contributed by atoms with Crippen LogP contribution in [-0.4, -0.2) is 51.9 Å². The molecule has 0 saturated carbocycles. The molecule has 8 nitrogen and oxygen atoms in total. The van der Waals surface area contributed by atoms with Crippen LogP contribution in [0, 0.1) is 13.8 Å². The Morgan fingerprint density at radius 2 is 1.77 bits per heavy atom. The van der Waals surface area contributed by atoms with E-state index in [9.17, 15) is 21.6 Å². The molecule has 3 rings (SSSR count). The molecule has 0 fully saturated rings. The van der Waals surface area contributed by atoms with Crippen molar-refractivity contribution in [3.05, 3.63) is 48.2 Å². The zero-order valence-electron chi connectivity index (χ0n) is 16.0. The molecular formula is C18H17F3N4O4S. The Morgan fingerprint density at radius 3 is 2.27 bits per heavy atom. The number of hydrogen-bond donors (Lipinski definition) is 2. The highest BCUT2D eigenvalue weighted by Gasteiger charge is 2.38. The van der Waals surface area contributed by atoms with Crippen LogP contribution in [0.5, 0.6) is 0 Å². The first kappa shape index (κ1) is 23.0. The van der Waals surface area contributed by atoms with Crippen LogP contribution in [0.25, 0.3) is 22.6 Å². The fourth-order valence-electron chi connectivity index (χ4n) is 2.19. The first-order valence-corrected chi connectivity index (χ1v) is 10.1. The molecule has 0 bridgehead atoms. The van der Waals surface area contributed by atoms with E-state index in [2.05, 4.69) is 19.9 Å². The van der Waals surface area contributed by atoms with E-state index in [1.54, 1.807) is 18.5 Å². The van der Waals surface area contributed by atoms with Crippen molar-refractivity contribution in [1.29, 1.82) is 0 Å². The molecule has 0 atom stereocenters. The van der Waals surface area contributed by atoms with Gasteiger partial charge < -0.3 is 10.1 Å². The van der Waals surface area contributed by atoms with Crippen LogP contribution in [0.15, 0.2) is 41.7 Å². The van der Waals surface area contributed by atoms with Gasteiger partial charge in [0.1, 0.15) is 5.69 Å². The Kier molecular flexibility index (Phi) is 6.60. The van der Waals surface area contributed by atoms with Crippen molar-refractivity contribution >= 4 is 15.8 Å². The molecule has 0 aliphatic rings. The topological polar surface area (TPSA) is 126 Å². The minimum Gasteiger partial charge on any atom is -0.475 e. The molecule has 160 valence electrons. The first-order valence-electron chi connectivity index (χ1n) is 8.24. The predicted molar refractivity (Wildman–Crippen MR) is 101 cm³/mol. The summed E-state index contributed by atoms with van der Waals surface area (Å²) in [6.45, 7) is 3.88. The number of hydrogen-bond acceptors (Lipinski definition) is 6. The number of aryl methyl sites for hydroxylation is 2. The number of carbonyl (C=O) groups is 1. The van der Waals surface area contributed by atoms with Crippen molar-refractivity contribution in [2.24, 2.45) is 0 Å². The van der Waals surface area contributed by atoms with Crippen LogP contribution in [0.1, 0.15) is 11.4 Å². The number of carboxylic acid groups (broad SMARTS) is 1. The van der Waals surface area contributed by atoms with Gasteiger partial charge >= 0.3 is 12.1 Å². The fraction of sp³-hybridized carbons (Fsp3) is 0.222. The summed E-state index contributed by atoms with van der Waals surface area (Å²) in [6, 6.07) is 5.29. The quantitative estimate of drug-likeness (QED) is 0.638. The van der Waals surface area contributed by atoms with Gasteiger partial charge in [-0.3, -0.25) is 9.97 Å². The molecule has 12 heteroatoms. The van der Waals surface area contributed by atoms with Crippen LogP contribution >= 0.6 is 0 Å². The number of nitrogens with zero attached hydrogens (tertiary/aromatic N) is 3. The third kappa shape index (κ3) is 5.86. The second-order valence-corrected chi connectivity index (χ2v) is 8.23. The summed E-state index contributed by atoms with van der Waals surface area (Å²) in [5, 5.41) is 7.12. The SMILES string of the molecule is Cc1nc(-c2cc(-c3cncc(S(C)(=O)=O)c3)ccn2)[nH]c1C.O=C(O)C(F)(F)F. The van der Waals surface area contributed by atoms with E-state index in [0.29, 0.717) is 11.5 Å². The monoisotopic (exact) mass is 442 g/mol. The minimum absolute atomic E-state index is 0.193. The van der Waals surface area contributed by atoms with E-state index in [1.807, 2.05) is 26.0 Å². The Hall–Kier alpha value is -3.28. The molecule has 0 aliphatic carbocycles. The maximum atomic E-state index is 11.7. The highest BCUT2D eigenvalue weighted by atomic mass is 32.2. The Bertz CT molecular complexity index is 1150. The number of halogens is 3. The summed E-state index contributed by atoms with van der Waals surface area (Å²) >= 11 is 0. The average molecular weight is 442 g/mol. The van der Waals surface area contributed by atoms with Crippen LogP contribution in [0.4, 0.5) is 13.2 Å². The molecule has 0 radical (unpaired) electrons. The van der Waals surface area contributed by atoms with Gasteiger partial charge in [-0.1, -0.05) is 0 Å². The summed E-state index contributed by atoms with van der Waals surface area (Å²) in [6.07, 6.45) is 0.734. The Labute approximate surface area is 169 Å². The van der Waals surface area contributed by atoms with Crippen LogP contribution in [-0.2, 0) is 14.6 Å². The molecular weight excluding hydrogens is 425 g/mol. The number of pyridine rings is 2. The van der Waals surface area contributed by atoms with Crippen molar-refractivity contribution in [3.8, 4) is 22.6 Å². The molecule has 0 aromatic carbocycles. The van der Waals surface area contributed by atoms with E-state index in [0.717, 1.165) is 22.5 Å². The van der Waals surface area contributed by atoms with Gasteiger partial charge in [0.2, 0.25) is 0 Å². The van der Waals surface area contributed by atoms with Crippen molar-refractivity contribution < 1.29 is 31.5 Å². The highest BCUT2D eigenvalue weighted by Crippen LogP contribution is 2.25. The van der Waals surface area contributed by atoms with Crippen molar-refractivity contribution in [3.63, 3.8) is 0 Å². The summed E-state index contributed by atoms with van der Waals surface area (Å²) in [7, 11) is -3.29. The molecule has 0 unspecified atom stereocenters. The lowest BCUT2D eigenvalue weighted by Gasteiger charge is -2.05. The van der Waals surface area contributed by atoms with E-state index in [1.165, 1.54) is 12.5 Å². The molecule has 30 heavy (non-hydrogen) atoms. The standard InChI is InChI=1S/C16H16N4O2S.C2HF3O2/c1-10-11(2)20-16(19-10)15-7-12(4-5-18-15)13-6-14(9-17-8-13)23(3,21)22;3-2(4,5)1(6)7/h4-9H,1-3H3,(H,19,20);(H,6,7). The zero-order chi connectivity index (χ0) is 22.7. The van der Waals surface area contributed by atoms with Crippen molar-refractivity contribution in [2.75, 3.05) is 6.26 Å². The van der Waals surface area contributed by atoms with Gasteiger partial charge in [-0.2, -0.15) is 13.2 Å². The Balaban J connectivity index is 0.000000396. The minimum atomic E-state index is -5.08. The van der Waals surface area contributed by atoms with Gasteiger partial charge in [-0.25, -0.2) is 18.2 Å². The van der Waals surface area contributed by atoms with Gasteiger partial charge in [-0.15, -0.1) is 0 Å². The molecule has 0 saturated heterocycles. The van der Waals surface area contributed by atoms with Gasteiger partial charge in [0.25, 0.3) is 0 Å². The van der Waals surface area contributed by atoms with Gasteiger partial charge in [0.05, 0.1) is 10.6 Å². The predicted octanol–water partition coefficient (Wildman–Crippen LogP) is 3.19. The average Bonchev–Trinajstić information content (AvgIpc) is 3.00. The van der Waals surface area contributed by atoms with E-state index >= 15 is 0 Å². The number of sulfone groups is 1. The van der Waals surface area contributed by atoms with Crippen LogP contribution in [0.2, 0.25) is 0 Å². The lowest BCUT2D eigenvalue weighted by molar-refractivity contribution is -0.192. The van der Waals surface area contributed by atoms with Gasteiger partial charge in [0, 0.05) is 36.1 Å². The van der Waals surface area contributed by atoms with Gasteiger partial charge in [-0.05, 0) is 37.6 Å². The largest absolute Gasteiger partial charge is 0.490 e. The number of nitrogens with one attached hydrogen (secondary N) is 1. The molecule has 0 aliphatic heterocycles. The molecule has 3 aromatic heterocycles. The second kappa shape index (κ2) is 8.61. The summed E-state index contributed by atoms with van der Waals surface area (Å²) in [5.41, 5.74) is 4.17. The number of aliphatic carboxylic acids is 1. The molecule has 0 spiro atoms. The lowest BCUT2D eigenvalue weighted by Crippen LogP contribution is -2.21. The number of alkyl halides is 3. The lowest BCUT2D eigenvalue weighted by atomic mass is 10.1. The maximum absolute atomic E-state index is 11.7. The summed E-state index contributed by atoms with van der Waals surface area (Å²) in [4.78, 5) is 25.1. The summed E-state index contributed by atoms with van der Waals surface area (Å²) in [5.74, 6) is -2.07.